The van der Waals surface area contributed by atoms with Gasteiger partial charge in [-0.15, -0.1) is 0 Å². The number of halogens is 1. The van der Waals surface area contributed by atoms with E-state index in [9.17, 15) is 0 Å². The fourth-order valence-corrected chi connectivity index (χ4v) is 0. The van der Waals surface area contributed by atoms with Crippen molar-refractivity contribution in [1.82, 2.24) is 0 Å². The first-order valence-electron chi connectivity index (χ1n) is 2.19. The molecule has 0 bridgehead atoms. The van der Waals surface area contributed by atoms with Crippen molar-refractivity contribution in [3.05, 3.63) is 0 Å². The van der Waals surface area contributed by atoms with Crippen LogP contribution in [-0.4, -0.2) is 59.2 Å². The summed E-state index contributed by atoms with van der Waals surface area (Å²) in [6.07, 6.45) is 0. The number of hydrogen-bond acceptors (Lipinski definition) is 4. The third kappa shape index (κ3) is 4100. The van der Waals surface area contributed by atoms with Crippen molar-refractivity contribution in [1.29, 1.82) is 0 Å². The third-order valence-electron chi connectivity index (χ3n) is 0. The van der Waals surface area contributed by atoms with Crippen LogP contribution in [0.1, 0.15) is 13.8 Å². The molecule has 0 aliphatic carbocycles. The van der Waals surface area contributed by atoms with Gasteiger partial charge >= 0.3 is 53.7 Å². The van der Waals surface area contributed by atoms with Gasteiger partial charge in [0.2, 0.25) is 0 Å². The molecule has 0 atom stereocenters. The molecule has 0 heterocycles. The second-order valence-corrected chi connectivity index (χ2v) is 0.983. The number of carboxylic acid groups (broad SMARTS) is 2. The summed E-state index contributed by atoms with van der Waals surface area (Å²) in [6.45, 7) is 1.94. The van der Waals surface area contributed by atoms with Crippen molar-refractivity contribution >= 4 is 48.8 Å². The van der Waals surface area contributed by atoms with E-state index in [2.05, 4.69) is 11.5 Å². The van der Waals surface area contributed by atoms with Crippen molar-refractivity contribution in [2.45, 2.75) is 13.8 Å². The second kappa shape index (κ2) is 61.1. The van der Waals surface area contributed by atoms with Crippen LogP contribution < -0.4 is 10.2 Å². The first-order chi connectivity index (χ1) is 4.46. The average Bonchev–Trinajstić information content (AvgIpc) is 1.66. The van der Waals surface area contributed by atoms with Gasteiger partial charge in [-0.2, -0.15) is 0 Å². The first-order valence-corrected chi connectivity index (χ1v) is 7.71. The Hall–Kier alpha value is 0.766. The minimum atomic E-state index is -1.08. The molecule has 0 rings (SSSR count). The van der Waals surface area contributed by atoms with Crippen molar-refractivity contribution in [2.24, 2.45) is 0 Å². The summed E-state index contributed by atoms with van der Waals surface area (Å²) in [7, 11) is 0. The van der Waals surface area contributed by atoms with Crippen LogP contribution >= 0.6 is 11.5 Å². The summed E-state index contributed by atoms with van der Waals surface area (Å²) in [5.74, 6) is -2.17. The summed E-state index contributed by atoms with van der Waals surface area (Å²) in [6, 6.07) is 0. The molecule has 1 radical (unpaired) electrons. The standard InChI is InChI=1S/2C2H4O2.BrH.Co.Na.4H2O/c2*1-2(3)4;;;;;;;/h2*1H3,(H,3,4);1H;;;4*1H2/q;;;+2;+1;;;;/p-3. The zero-order valence-electron chi connectivity index (χ0n) is 8.34. The van der Waals surface area contributed by atoms with Gasteiger partial charge in [0.05, 0.1) is 0 Å². The number of carbonyl (C=O) groups excluding carboxylic acids is 2. The van der Waals surface area contributed by atoms with Gasteiger partial charge in [0.15, 0.2) is 0 Å². The quantitative estimate of drug-likeness (QED) is 0.391. The van der Waals surface area contributed by atoms with E-state index in [0.717, 1.165) is 39.2 Å². The fraction of sp³-hybridized carbons (Fsp3) is 0.500. The van der Waals surface area contributed by atoms with E-state index in [1.54, 1.807) is 0 Å². The normalized spacial score (nSPS) is 3.80. The van der Waals surface area contributed by atoms with Gasteiger partial charge < -0.3 is 41.7 Å². The molecular weight excluding hydrogens is 338 g/mol. The molecule has 8 N–H and O–H groups in total. The van der Waals surface area contributed by atoms with Gasteiger partial charge in [-0.25, -0.2) is 0 Å². The second-order valence-electron chi connectivity index (χ2n) is 0.983. The first kappa shape index (κ1) is 57.0. The molecule has 8 nitrogen and oxygen atoms in total. The molecule has 15 heavy (non-hydrogen) atoms. The average molecular weight is 352 g/mol. The molecule has 0 saturated carbocycles. The van der Waals surface area contributed by atoms with E-state index >= 15 is 0 Å². The zero-order valence-corrected chi connectivity index (χ0v) is 13.0. The van der Waals surface area contributed by atoms with Crippen LogP contribution in [0.15, 0.2) is 0 Å². The van der Waals surface area contributed by atoms with E-state index in [1.807, 2.05) is 0 Å². The zero-order chi connectivity index (χ0) is 9.15. The predicted octanol–water partition coefficient (Wildman–Crippen LogP) is -5.32. The van der Waals surface area contributed by atoms with E-state index in [-0.39, 0.29) is 38.7 Å². The Morgan fingerprint density at radius 3 is 0.867 bits per heavy atom. The molecule has 0 fully saturated rings. The number of carbonyl (C=O) groups is 2. The van der Waals surface area contributed by atoms with E-state index < -0.39 is 11.9 Å². The molecule has 0 aromatic rings. The number of hydrogen-bond donors (Lipinski definition) is 0. The molecule has 0 aliphatic heterocycles. The molecule has 11 heteroatoms. The van der Waals surface area contributed by atoms with Crippen LogP contribution in [0.25, 0.3) is 0 Å². The summed E-state index contributed by atoms with van der Waals surface area (Å²) in [5.41, 5.74) is 0. The predicted molar refractivity (Wildman–Crippen MR) is 50.5 cm³/mol. The molecule has 0 aromatic heterocycles. The Labute approximate surface area is 120 Å². The number of carboxylic acids is 2. The molecular formula is C4H14BrCoNaO8. The summed E-state index contributed by atoms with van der Waals surface area (Å²) in [5, 5.41) is 17.8. The van der Waals surface area contributed by atoms with Crippen LogP contribution in [0.3, 0.4) is 0 Å². The summed E-state index contributed by atoms with van der Waals surface area (Å²) in [4.78, 5) is 17.8. The van der Waals surface area contributed by atoms with E-state index in [0.29, 0.717) is 0 Å². The molecule has 0 amide bonds. The van der Waals surface area contributed by atoms with Crippen LogP contribution in [0.5, 0.6) is 0 Å². The molecule has 95 valence electrons. The summed E-state index contributed by atoms with van der Waals surface area (Å²) < 4.78 is 0. The molecule has 0 spiro atoms. The number of aliphatic carboxylic acids is 2. The Morgan fingerprint density at radius 1 is 0.867 bits per heavy atom. The van der Waals surface area contributed by atoms with Gasteiger partial charge in [0.25, 0.3) is 0 Å². The van der Waals surface area contributed by atoms with Gasteiger partial charge in [0, 0.05) is 11.9 Å². The maximum atomic E-state index is 8.89. The monoisotopic (exact) mass is 351 g/mol. The van der Waals surface area contributed by atoms with Crippen molar-refractivity contribution in [3.8, 4) is 0 Å². The molecule has 0 unspecified atom stereocenters. The third-order valence-corrected chi connectivity index (χ3v) is 0. The summed E-state index contributed by atoms with van der Waals surface area (Å²) >= 11 is 4.19. The maximum absolute atomic E-state index is 8.89. The van der Waals surface area contributed by atoms with E-state index in [4.69, 9.17) is 19.8 Å². The number of rotatable bonds is 0. The van der Waals surface area contributed by atoms with Crippen LogP contribution in [0, 0.1) is 0 Å². The molecule has 0 aromatic carbocycles. The van der Waals surface area contributed by atoms with Crippen LogP contribution in [0.2, 0.25) is 0 Å². The van der Waals surface area contributed by atoms with Gasteiger partial charge in [-0.05, 0) is 13.8 Å². The van der Waals surface area contributed by atoms with E-state index in [1.165, 1.54) is 0 Å². The van der Waals surface area contributed by atoms with Crippen LogP contribution in [0.4, 0.5) is 0 Å². The molecule has 0 saturated heterocycles. The van der Waals surface area contributed by atoms with Gasteiger partial charge in [-0.3, -0.25) is 0 Å². The van der Waals surface area contributed by atoms with Crippen molar-refractivity contribution in [2.75, 3.05) is 0 Å². The topological polar surface area (TPSA) is 206 Å². The Bertz CT molecular complexity index is 84.6. The van der Waals surface area contributed by atoms with Crippen molar-refractivity contribution < 1.29 is 58.5 Å². The molecule has 0 aliphatic rings. The SMILES string of the molecule is CC(=O)[O-].CC(=O)[O-].O.O.O.O.[Co+2].[Na][Br]. The Morgan fingerprint density at radius 2 is 0.867 bits per heavy atom. The van der Waals surface area contributed by atoms with Crippen LogP contribution in [-0.2, 0) is 26.4 Å². The van der Waals surface area contributed by atoms with Crippen molar-refractivity contribution in [3.63, 3.8) is 0 Å². The van der Waals surface area contributed by atoms with Gasteiger partial charge in [0.1, 0.15) is 0 Å². The Balaban J connectivity index is -0.00000000726. The Kier molecular flexibility index (Phi) is 232. The van der Waals surface area contributed by atoms with Gasteiger partial charge in [-0.1, -0.05) is 0 Å². The minimum absolute atomic E-state index is 0. The fourth-order valence-electron chi connectivity index (χ4n) is 0.